The fourth-order valence-corrected chi connectivity index (χ4v) is 2.68. The lowest BCUT2D eigenvalue weighted by Crippen LogP contribution is -2.25. The Labute approximate surface area is 117 Å². The molecule has 2 aromatic rings. The van der Waals surface area contributed by atoms with Crippen molar-refractivity contribution >= 4 is 5.78 Å². The second-order valence-electron chi connectivity index (χ2n) is 5.10. The van der Waals surface area contributed by atoms with Crippen LogP contribution in [-0.2, 0) is 19.4 Å². The summed E-state index contributed by atoms with van der Waals surface area (Å²) in [6, 6.07) is 12.0. The number of fused-ring (bicyclic) bond motifs is 1. The molecule has 0 bridgehead atoms. The van der Waals surface area contributed by atoms with Gasteiger partial charge in [0.1, 0.15) is 5.82 Å². The van der Waals surface area contributed by atoms with E-state index in [1.165, 1.54) is 23.3 Å². The summed E-state index contributed by atoms with van der Waals surface area (Å²) in [7, 11) is 0. The van der Waals surface area contributed by atoms with Gasteiger partial charge in [-0.1, -0.05) is 30.3 Å². The summed E-state index contributed by atoms with van der Waals surface area (Å²) in [4.78, 5) is 12.5. The molecule has 0 atom stereocenters. The van der Waals surface area contributed by atoms with Crippen molar-refractivity contribution in [2.24, 2.45) is 0 Å². The van der Waals surface area contributed by atoms with Crippen LogP contribution < -0.4 is 5.32 Å². The molecule has 0 unspecified atom stereocenters. The number of benzene rings is 2. The highest BCUT2D eigenvalue weighted by Crippen LogP contribution is 2.20. The van der Waals surface area contributed by atoms with Gasteiger partial charge in [0.25, 0.3) is 0 Å². The molecule has 102 valence electrons. The van der Waals surface area contributed by atoms with Crippen molar-refractivity contribution in [2.45, 2.75) is 19.4 Å². The molecule has 0 fully saturated rings. The number of halogens is 1. The first kappa shape index (κ1) is 13.0. The predicted molar refractivity (Wildman–Crippen MR) is 76.3 cm³/mol. The highest BCUT2D eigenvalue weighted by Gasteiger charge is 2.17. The average molecular weight is 269 g/mol. The Balaban J connectivity index is 1.85. The van der Waals surface area contributed by atoms with Crippen LogP contribution in [0.25, 0.3) is 0 Å². The summed E-state index contributed by atoms with van der Waals surface area (Å²) in [6.45, 7) is 1.74. The number of ketones is 1. The van der Waals surface area contributed by atoms with E-state index < -0.39 is 0 Å². The summed E-state index contributed by atoms with van der Waals surface area (Å²) in [6.07, 6.45) is 1.21. The number of carbonyl (C=O) groups is 1. The standard InChI is InChI=1S/C17H16FNO/c18-14-6-4-12(5-7-14)10-17(20)16-3-1-2-13-11-19-9-8-15(13)16/h1-7,19H,8-11H2. The van der Waals surface area contributed by atoms with Gasteiger partial charge in [0.2, 0.25) is 0 Å². The molecular formula is C17H16FNO. The lowest BCUT2D eigenvalue weighted by molar-refractivity contribution is 0.0991. The van der Waals surface area contributed by atoms with Gasteiger partial charge >= 0.3 is 0 Å². The van der Waals surface area contributed by atoms with Crippen molar-refractivity contribution in [2.75, 3.05) is 6.54 Å². The van der Waals surface area contributed by atoms with Gasteiger partial charge in [0, 0.05) is 18.5 Å². The van der Waals surface area contributed by atoms with Gasteiger partial charge in [-0.05, 0) is 41.8 Å². The normalized spacial score (nSPS) is 13.8. The topological polar surface area (TPSA) is 29.1 Å². The van der Waals surface area contributed by atoms with Crippen LogP contribution >= 0.6 is 0 Å². The molecule has 0 saturated heterocycles. The molecular weight excluding hydrogens is 253 g/mol. The third kappa shape index (κ3) is 2.63. The van der Waals surface area contributed by atoms with Crippen molar-refractivity contribution in [3.05, 3.63) is 70.5 Å². The lowest BCUT2D eigenvalue weighted by Gasteiger charge is -2.19. The smallest absolute Gasteiger partial charge is 0.167 e. The van der Waals surface area contributed by atoms with Gasteiger partial charge in [0.05, 0.1) is 0 Å². The second kappa shape index (κ2) is 5.55. The first-order valence-electron chi connectivity index (χ1n) is 6.83. The van der Waals surface area contributed by atoms with Crippen molar-refractivity contribution in [1.82, 2.24) is 5.32 Å². The third-order valence-electron chi connectivity index (χ3n) is 3.72. The van der Waals surface area contributed by atoms with E-state index in [-0.39, 0.29) is 11.6 Å². The van der Waals surface area contributed by atoms with Crippen molar-refractivity contribution in [3.63, 3.8) is 0 Å². The molecule has 1 aliphatic rings. The molecule has 1 N–H and O–H groups in total. The molecule has 0 aromatic heterocycles. The Morgan fingerprint density at radius 1 is 1.15 bits per heavy atom. The number of rotatable bonds is 3. The van der Waals surface area contributed by atoms with Crippen LogP contribution in [0.3, 0.4) is 0 Å². The molecule has 0 aliphatic carbocycles. The number of Topliss-reactive ketones (excluding diaryl/α,β-unsaturated/α-hetero) is 1. The van der Waals surface area contributed by atoms with Crippen molar-refractivity contribution in [1.29, 1.82) is 0 Å². The molecule has 0 saturated carbocycles. The van der Waals surface area contributed by atoms with Crippen LogP contribution in [0.15, 0.2) is 42.5 Å². The number of hydrogen-bond acceptors (Lipinski definition) is 2. The molecule has 3 heteroatoms. The van der Waals surface area contributed by atoms with E-state index in [1.54, 1.807) is 12.1 Å². The minimum atomic E-state index is -0.274. The summed E-state index contributed by atoms with van der Waals surface area (Å²) in [5, 5.41) is 3.31. The molecule has 1 heterocycles. The van der Waals surface area contributed by atoms with E-state index in [0.717, 1.165) is 30.6 Å². The lowest BCUT2D eigenvalue weighted by atomic mass is 9.91. The minimum Gasteiger partial charge on any atom is -0.312 e. The third-order valence-corrected chi connectivity index (χ3v) is 3.72. The van der Waals surface area contributed by atoms with Crippen LogP contribution in [0.2, 0.25) is 0 Å². The van der Waals surface area contributed by atoms with E-state index in [0.29, 0.717) is 6.42 Å². The number of nitrogens with one attached hydrogen (secondary N) is 1. The van der Waals surface area contributed by atoms with Crippen molar-refractivity contribution in [3.8, 4) is 0 Å². The highest BCUT2D eigenvalue weighted by atomic mass is 19.1. The maximum absolute atomic E-state index is 12.9. The van der Waals surface area contributed by atoms with E-state index in [9.17, 15) is 9.18 Å². The maximum atomic E-state index is 12.9. The monoisotopic (exact) mass is 269 g/mol. The first-order valence-corrected chi connectivity index (χ1v) is 6.83. The van der Waals surface area contributed by atoms with E-state index in [4.69, 9.17) is 0 Å². The maximum Gasteiger partial charge on any atom is 0.167 e. The number of hydrogen-bond donors (Lipinski definition) is 1. The molecule has 0 spiro atoms. The fraction of sp³-hybridized carbons (Fsp3) is 0.235. The zero-order valence-corrected chi connectivity index (χ0v) is 11.2. The van der Waals surface area contributed by atoms with Gasteiger partial charge in [-0.15, -0.1) is 0 Å². The molecule has 0 amide bonds. The van der Waals surface area contributed by atoms with E-state index >= 15 is 0 Å². The quantitative estimate of drug-likeness (QED) is 0.868. The number of carbonyl (C=O) groups excluding carboxylic acids is 1. The Morgan fingerprint density at radius 2 is 1.95 bits per heavy atom. The molecule has 2 aromatic carbocycles. The molecule has 20 heavy (non-hydrogen) atoms. The van der Waals surface area contributed by atoms with Crippen LogP contribution in [0, 0.1) is 5.82 Å². The Bertz CT molecular complexity index is 634. The molecule has 1 aliphatic heterocycles. The Morgan fingerprint density at radius 3 is 2.75 bits per heavy atom. The van der Waals surface area contributed by atoms with Gasteiger partial charge in [0.15, 0.2) is 5.78 Å². The molecule has 0 radical (unpaired) electrons. The van der Waals surface area contributed by atoms with Crippen LogP contribution in [-0.4, -0.2) is 12.3 Å². The largest absolute Gasteiger partial charge is 0.312 e. The SMILES string of the molecule is O=C(Cc1ccc(F)cc1)c1cccc2c1CCNC2. The summed E-state index contributed by atoms with van der Waals surface area (Å²) < 4.78 is 12.9. The minimum absolute atomic E-state index is 0.107. The Kier molecular flexibility index (Phi) is 3.61. The van der Waals surface area contributed by atoms with Crippen LogP contribution in [0.4, 0.5) is 4.39 Å². The molecule has 2 nitrogen and oxygen atoms in total. The molecule has 3 rings (SSSR count). The summed E-state index contributed by atoms with van der Waals surface area (Å²) >= 11 is 0. The van der Waals surface area contributed by atoms with Gasteiger partial charge in [-0.2, -0.15) is 0 Å². The average Bonchev–Trinajstić information content (AvgIpc) is 2.49. The predicted octanol–water partition coefficient (Wildman–Crippen LogP) is 2.90. The summed E-state index contributed by atoms with van der Waals surface area (Å²) in [5.74, 6) is -0.167. The Hall–Kier alpha value is -2.00. The highest BCUT2D eigenvalue weighted by molar-refractivity contribution is 5.99. The summed E-state index contributed by atoms with van der Waals surface area (Å²) in [5.41, 5.74) is 4.04. The van der Waals surface area contributed by atoms with Gasteiger partial charge < -0.3 is 5.32 Å². The van der Waals surface area contributed by atoms with Gasteiger partial charge in [-0.25, -0.2) is 4.39 Å². The van der Waals surface area contributed by atoms with E-state index in [1.807, 2.05) is 12.1 Å². The van der Waals surface area contributed by atoms with Crippen LogP contribution in [0.1, 0.15) is 27.0 Å². The second-order valence-corrected chi connectivity index (χ2v) is 5.10. The first-order chi connectivity index (χ1) is 9.74. The van der Waals surface area contributed by atoms with E-state index in [2.05, 4.69) is 11.4 Å². The van der Waals surface area contributed by atoms with Crippen LogP contribution in [0.5, 0.6) is 0 Å². The zero-order valence-electron chi connectivity index (χ0n) is 11.2. The zero-order chi connectivity index (χ0) is 13.9. The fourth-order valence-electron chi connectivity index (χ4n) is 2.68. The van der Waals surface area contributed by atoms with Crippen molar-refractivity contribution < 1.29 is 9.18 Å². The van der Waals surface area contributed by atoms with Gasteiger partial charge in [-0.3, -0.25) is 4.79 Å².